The molecule has 142 valence electrons. The van der Waals surface area contributed by atoms with Gasteiger partial charge in [0.05, 0.1) is 19.3 Å². The van der Waals surface area contributed by atoms with Gasteiger partial charge in [-0.25, -0.2) is 5.43 Å². The van der Waals surface area contributed by atoms with Gasteiger partial charge >= 0.3 is 0 Å². The molecule has 1 amide bonds. The van der Waals surface area contributed by atoms with Crippen molar-refractivity contribution < 1.29 is 14.4 Å². The van der Waals surface area contributed by atoms with Crippen LogP contribution in [-0.4, -0.2) is 31.8 Å². The number of likely N-dealkylation sites (tertiary alicyclic amines) is 1. The van der Waals surface area contributed by atoms with Crippen LogP contribution in [0.5, 0.6) is 5.75 Å². The molecule has 1 saturated heterocycles. The van der Waals surface area contributed by atoms with Crippen molar-refractivity contribution in [2.45, 2.75) is 32.8 Å². The van der Waals surface area contributed by atoms with Gasteiger partial charge in [-0.1, -0.05) is 29.8 Å². The Bertz CT molecular complexity index is 748. The number of quaternary nitrogens is 1. The van der Waals surface area contributed by atoms with Gasteiger partial charge in [-0.3, -0.25) is 4.79 Å². The van der Waals surface area contributed by atoms with E-state index < -0.39 is 0 Å². The standard InChI is InChI=1S/C22H27N3O2/c1-18-5-7-20(8-6-18)17-27-21-11-9-19(10-12-21)15-23-24-22(26)16-25-13-3-2-4-14-25/h5-12,15H,2-4,13-14,16-17H2,1H3,(H,24,26)/p+1. The lowest BCUT2D eigenvalue weighted by atomic mass is 10.1. The van der Waals surface area contributed by atoms with Gasteiger partial charge < -0.3 is 9.64 Å². The average molecular weight is 366 g/mol. The molecule has 0 bridgehead atoms. The van der Waals surface area contributed by atoms with E-state index in [0.717, 1.165) is 30.0 Å². The van der Waals surface area contributed by atoms with Crippen molar-refractivity contribution in [1.29, 1.82) is 0 Å². The molecular weight excluding hydrogens is 338 g/mol. The zero-order valence-corrected chi connectivity index (χ0v) is 15.9. The van der Waals surface area contributed by atoms with E-state index in [1.54, 1.807) is 6.21 Å². The first-order chi connectivity index (χ1) is 13.2. The molecule has 0 atom stereocenters. The number of nitrogens with zero attached hydrogens (tertiary/aromatic N) is 1. The van der Waals surface area contributed by atoms with E-state index in [-0.39, 0.29) is 5.91 Å². The summed E-state index contributed by atoms with van der Waals surface area (Å²) < 4.78 is 5.80. The van der Waals surface area contributed by atoms with Crippen LogP contribution in [0.4, 0.5) is 0 Å². The van der Waals surface area contributed by atoms with Gasteiger partial charge in [-0.15, -0.1) is 0 Å². The second kappa shape index (κ2) is 9.88. The maximum Gasteiger partial charge on any atom is 0.295 e. The molecule has 2 aromatic rings. The number of benzene rings is 2. The summed E-state index contributed by atoms with van der Waals surface area (Å²) in [6.07, 6.45) is 5.37. The molecule has 5 heteroatoms. The fraction of sp³-hybridized carbons (Fsp3) is 0.364. The minimum atomic E-state index is -0.0267. The molecule has 2 aromatic carbocycles. The summed E-state index contributed by atoms with van der Waals surface area (Å²) in [6.45, 7) is 5.29. The van der Waals surface area contributed by atoms with Crippen LogP contribution in [0.15, 0.2) is 53.6 Å². The van der Waals surface area contributed by atoms with Gasteiger partial charge in [-0.05, 0) is 61.6 Å². The van der Waals surface area contributed by atoms with Crippen LogP contribution in [0.2, 0.25) is 0 Å². The number of carbonyl (C=O) groups excluding carboxylic acids is 1. The first kappa shape index (κ1) is 19.1. The van der Waals surface area contributed by atoms with Crippen molar-refractivity contribution in [2.24, 2.45) is 5.10 Å². The lowest BCUT2D eigenvalue weighted by Gasteiger charge is -2.22. The Balaban J connectivity index is 1.42. The molecular formula is C22H28N3O2+. The fourth-order valence-corrected chi connectivity index (χ4v) is 3.18. The van der Waals surface area contributed by atoms with Gasteiger partial charge in [-0.2, -0.15) is 5.10 Å². The minimum absolute atomic E-state index is 0.0267. The van der Waals surface area contributed by atoms with Crippen LogP contribution in [0.25, 0.3) is 0 Å². The van der Waals surface area contributed by atoms with Crippen LogP contribution in [0.3, 0.4) is 0 Å². The number of hydrazone groups is 1. The van der Waals surface area contributed by atoms with Crippen molar-refractivity contribution in [2.75, 3.05) is 19.6 Å². The normalized spacial score (nSPS) is 15.0. The lowest BCUT2D eigenvalue weighted by molar-refractivity contribution is -0.896. The molecule has 3 rings (SSSR count). The summed E-state index contributed by atoms with van der Waals surface area (Å²) in [5.74, 6) is 0.784. The fourth-order valence-electron chi connectivity index (χ4n) is 3.18. The second-order valence-corrected chi connectivity index (χ2v) is 7.12. The summed E-state index contributed by atoms with van der Waals surface area (Å²) in [7, 11) is 0. The summed E-state index contributed by atoms with van der Waals surface area (Å²) >= 11 is 0. The van der Waals surface area contributed by atoms with Crippen LogP contribution < -0.4 is 15.1 Å². The number of carbonyl (C=O) groups is 1. The molecule has 1 heterocycles. The lowest BCUT2D eigenvalue weighted by Crippen LogP contribution is -3.13. The van der Waals surface area contributed by atoms with Gasteiger partial charge in [0.15, 0.2) is 6.54 Å². The van der Waals surface area contributed by atoms with Crippen molar-refractivity contribution >= 4 is 12.1 Å². The van der Waals surface area contributed by atoms with Gasteiger partial charge in [0.1, 0.15) is 12.4 Å². The smallest absolute Gasteiger partial charge is 0.295 e. The maximum absolute atomic E-state index is 11.9. The van der Waals surface area contributed by atoms with E-state index in [9.17, 15) is 4.79 Å². The molecule has 5 nitrogen and oxygen atoms in total. The van der Waals surface area contributed by atoms with E-state index >= 15 is 0 Å². The molecule has 0 unspecified atom stereocenters. The zero-order chi connectivity index (χ0) is 18.9. The van der Waals surface area contributed by atoms with Crippen LogP contribution in [0, 0.1) is 6.92 Å². The van der Waals surface area contributed by atoms with E-state index in [2.05, 4.69) is 41.7 Å². The molecule has 1 aliphatic heterocycles. The molecule has 27 heavy (non-hydrogen) atoms. The van der Waals surface area contributed by atoms with E-state index in [1.807, 2.05) is 24.3 Å². The third-order valence-corrected chi connectivity index (χ3v) is 4.78. The molecule has 0 spiro atoms. The van der Waals surface area contributed by atoms with E-state index in [1.165, 1.54) is 29.7 Å². The van der Waals surface area contributed by atoms with Crippen LogP contribution in [0.1, 0.15) is 36.0 Å². The number of piperidine rings is 1. The van der Waals surface area contributed by atoms with Crippen molar-refractivity contribution in [3.05, 3.63) is 65.2 Å². The van der Waals surface area contributed by atoms with Crippen molar-refractivity contribution in [3.63, 3.8) is 0 Å². The predicted molar refractivity (Wildman–Crippen MR) is 107 cm³/mol. The van der Waals surface area contributed by atoms with Crippen LogP contribution >= 0.6 is 0 Å². The van der Waals surface area contributed by atoms with Crippen molar-refractivity contribution in [3.8, 4) is 5.75 Å². The number of hydrogen-bond donors (Lipinski definition) is 2. The summed E-state index contributed by atoms with van der Waals surface area (Å²) in [5, 5.41) is 4.06. The van der Waals surface area contributed by atoms with E-state index in [0.29, 0.717) is 13.2 Å². The molecule has 0 saturated carbocycles. The maximum atomic E-state index is 11.9. The van der Waals surface area contributed by atoms with E-state index in [4.69, 9.17) is 4.74 Å². The second-order valence-electron chi connectivity index (χ2n) is 7.12. The number of rotatable bonds is 7. The highest BCUT2D eigenvalue weighted by Crippen LogP contribution is 2.14. The highest BCUT2D eigenvalue weighted by molar-refractivity contribution is 5.82. The largest absolute Gasteiger partial charge is 0.489 e. The zero-order valence-electron chi connectivity index (χ0n) is 15.9. The Morgan fingerprint density at radius 2 is 1.78 bits per heavy atom. The minimum Gasteiger partial charge on any atom is -0.489 e. The number of aryl methyl sites for hydroxylation is 1. The van der Waals surface area contributed by atoms with Crippen LogP contribution in [-0.2, 0) is 11.4 Å². The Morgan fingerprint density at radius 1 is 1.07 bits per heavy atom. The van der Waals surface area contributed by atoms with Gasteiger partial charge in [0.2, 0.25) is 0 Å². The topological polar surface area (TPSA) is 55.1 Å². The molecule has 1 aliphatic rings. The number of amides is 1. The Hall–Kier alpha value is -2.66. The number of ether oxygens (including phenoxy) is 1. The number of hydrogen-bond acceptors (Lipinski definition) is 3. The highest BCUT2D eigenvalue weighted by Gasteiger charge is 2.16. The Kier molecular flexibility index (Phi) is 6.99. The Labute approximate surface area is 161 Å². The third kappa shape index (κ3) is 6.53. The first-order valence-electron chi connectivity index (χ1n) is 9.63. The summed E-state index contributed by atoms with van der Waals surface area (Å²) in [4.78, 5) is 13.3. The van der Waals surface area contributed by atoms with Gasteiger partial charge in [0, 0.05) is 0 Å². The number of nitrogens with one attached hydrogen (secondary N) is 2. The molecule has 0 aliphatic carbocycles. The SMILES string of the molecule is Cc1ccc(COc2ccc(C=NNC(=O)C[NH+]3CCCCC3)cc2)cc1. The molecule has 2 N–H and O–H groups in total. The third-order valence-electron chi connectivity index (χ3n) is 4.78. The highest BCUT2D eigenvalue weighted by atomic mass is 16.5. The molecule has 0 aromatic heterocycles. The quantitative estimate of drug-likeness (QED) is 0.582. The monoisotopic (exact) mass is 366 g/mol. The molecule has 1 fully saturated rings. The summed E-state index contributed by atoms with van der Waals surface area (Å²) in [5.41, 5.74) is 5.93. The first-order valence-corrected chi connectivity index (χ1v) is 9.63. The summed E-state index contributed by atoms with van der Waals surface area (Å²) in [6, 6.07) is 16.0. The Morgan fingerprint density at radius 3 is 2.48 bits per heavy atom. The molecule has 0 radical (unpaired) electrons. The van der Waals surface area contributed by atoms with Gasteiger partial charge in [0.25, 0.3) is 5.91 Å². The van der Waals surface area contributed by atoms with Crippen molar-refractivity contribution in [1.82, 2.24) is 5.43 Å². The average Bonchev–Trinajstić information content (AvgIpc) is 2.69. The predicted octanol–water partition coefficient (Wildman–Crippen LogP) is 2.09.